The number of rotatable bonds is 6. The van der Waals surface area contributed by atoms with Gasteiger partial charge in [-0.15, -0.1) is 0 Å². The largest absolute Gasteiger partial charge is 0.480 e. The van der Waals surface area contributed by atoms with E-state index < -0.39 is 27.9 Å². The standard InChI is InChI=1S/C16H21ClN2O5S/c1-3-18(4-2)25(23,24)11-7-8-13(17)12(10-11)15(20)19-9-5-6-14(19)16(21)22/h7-8,10,14H,3-6,9H2,1-2H3,(H,21,22)/t14-/m1/s1. The molecule has 138 valence electrons. The monoisotopic (exact) mass is 388 g/mol. The van der Waals surface area contributed by atoms with E-state index in [9.17, 15) is 23.1 Å². The van der Waals surface area contributed by atoms with Crippen molar-refractivity contribution in [2.75, 3.05) is 19.6 Å². The summed E-state index contributed by atoms with van der Waals surface area (Å²) in [5.74, 6) is -1.64. The van der Waals surface area contributed by atoms with Crippen molar-refractivity contribution in [3.05, 3.63) is 28.8 Å². The molecular weight excluding hydrogens is 368 g/mol. The van der Waals surface area contributed by atoms with Gasteiger partial charge in [-0.25, -0.2) is 13.2 Å². The quantitative estimate of drug-likeness (QED) is 0.804. The Bertz CT molecular complexity index is 777. The molecule has 0 aliphatic carbocycles. The second-order valence-electron chi connectivity index (χ2n) is 5.73. The Balaban J connectivity index is 2.43. The number of carboxylic acid groups (broad SMARTS) is 1. The van der Waals surface area contributed by atoms with Crippen molar-refractivity contribution in [2.24, 2.45) is 0 Å². The van der Waals surface area contributed by atoms with Crippen LogP contribution >= 0.6 is 11.6 Å². The van der Waals surface area contributed by atoms with Gasteiger partial charge in [-0.2, -0.15) is 4.31 Å². The van der Waals surface area contributed by atoms with Crippen LogP contribution in [0.4, 0.5) is 0 Å². The number of hydrogen-bond acceptors (Lipinski definition) is 4. The van der Waals surface area contributed by atoms with Crippen LogP contribution in [0, 0.1) is 0 Å². The normalized spacial score (nSPS) is 17.9. The molecule has 1 aromatic carbocycles. The van der Waals surface area contributed by atoms with E-state index in [0.29, 0.717) is 32.5 Å². The summed E-state index contributed by atoms with van der Waals surface area (Å²) in [7, 11) is -3.74. The van der Waals surface area contributed by atoms with Gasteiger partial charge in [0.1, 0.15) is 6.04 Å². The molecule has 0 aromatic heterocycles. The first-order valence-electron chi connectivity index (χ1n) is 8.07. The van der Waals surface area contributed by atoms with Crippen molar-refractivity contribution in [2.45, 2.75) is 37.6 Å². The Labute approximate surface area is 152 Å². The predicted octanol–water partition coefficient (Wildman–Crippen LogP) is 2.06. The molecule has 25 heavy (non-hydrogen) atoms. The SMILES string of the molecule is CCN(CC)S(=O)(=O)c1ccc(Cl)c(C(=O)N2CCC[C@@H]2C(=O)O)c1. The van der Waals surface area contributed by atoms with Gasteiger partial charge < -0.3 is 10.0 Å². The summed E-state index contributed by atoms with van der Waals surface area (Å²) in [5, 5.41) is 9.34. The van der Waals surface area contributed by atoms with Crippen LogP contribution in [0.3, 0.4) is 0 Å². The molecule has 0 spiro atoms. The Morgan fingerprint density at radius 3 is 2.52 bits per heavy atom. The van der Waals surface area contributed by atoms with Crippen molar-refractivity contribution >= 4 is 33.5 Å². The van der Waals surface area contributed by atoms with E-state index in [4.69, 9.17) is 11.6 Å². The third-order valence-corrected chi connectivity index (χ3v) is 6.69. The molecule has 0 bridgehead atoms. The van der Waals surface area contributed by atoms with Crippen molar-refractivity contribution in [3.8, 4) is 0 Å². The Morgan fingerprint density at radius 1 is 1.32 bits per heavy atom. The lowest BCUT2D eigenvalue weighted by Gasteiger charge is -2.23. The third-order valence-electron chi connectivity index (χ3n) is 4.31. The zero-order valence-electron chi connectivity index (χ0n) is 14.1. The summed E-state index contributed by atoms with van der Waals surface area (Å²) in [5.41, 5.74) is 0.00282. The zero-order valence-corrected chi connectivity index (χ0v) is 15.7. The highest BCUT2D eigenvalue weighted by Crippen LogP contribution is 2.27. The van der Waals surface area contributed by atoms with E-state index in [1.807, 2.05) is 0 Å². The number of carbonyl (C=O) groups excluding carboxylic acids is 1. The highest BCUT2D eigenvalue weighted by Gasteiger charge is 2.35. The van der Waals surface area contributed by atoms with Crippen LogP contribution in [-0.4, -0.2) is 60.3 Å². The van der Waals surface area contributed by atoms with Gasteiger partial charge in [-0.3, -0.25) is 4.79 Å². The average Bonchev–Trinajstić information content (AvgIpc) is 3.05. The second-order valence-corrected chi connectivity index (χ2v) is 8.07. The van der Waals surface area contributed by atoms with Gasteiger partial charge >= 0.3 is 5.97 Å². The van der Waals surface area contributed by atoms with Crippen LogP contribution < -0.4 is 0 Å². The molecule has 0 saturated carbocycles. The van der Waals surface area contributed by atoms with Crippen LogP contribution in [0.1, 0.15) is 37.0 Å². The van der Waals surface area contributed by atoms with Crippen molar-refractivity contribution < 1.29 is 23.1 Å². The van der Waals surface area contributed by atoms with E-state index in [2.05, 4.69) is 0 Å². The average molecular weight is 389 g/mol. The van der Waals surface area contributed by atoms with Crippen LogP contribution in [-0.2, 0) is 14.8 Å². The number of aliphatic carboxylic acids is 1. The molecule has 1 aliphatic heterocycles. The molecule has 2 rings (SSSR count). The number of hydrogen-bond donors (Lipinski definition) is 1. The summed E-state index contributed by atoms with van der Waals surface area (Å²) in [6, 6.07) is 3.03. The minimum Gasteiger partial charge on any atom is -0.480 e. The summed E-state index contributed by atoms with van der Waals surface area (Å²) >= 11 is 6.09. The summed E-state index contributed by atoms with van der Waals surface area (Å²) < 4.78 is 26.6. The molecule has 1 aliphatic rings. The van der Waals surface area contributed by atoms with Crippen LogP contribution in [0.2, 0.25) is 5.02 Å². The predicted molar refractivity (Wildman–Crippen MR) is 93.3 cm³/mol. The van der Waals surface area contributed by atoms with E-state index >= 15 is 0 Å². The lowest BCUT2D eigenvalue weighted by Crippen LogP contribution is -2.40. The molecule has 0 radical (unpaired) electrons. The second kappa shape index (κ2) is 7.72. The van der Waals surface area contributed by atoms with Gasteiger partial charge in [0.2, 0.25) is 10.0 Å². The third kappa shape index (κ3) is 3.80. The highest BCUT2D eigenvalue weighted by atomic mass is 35.5. The minimum atomic E-state index is -3.74. The summed E-state index contributed by atoms with van der Waals surface area (Å²) in [4.78, 5) is 25.2. The maximum Gasteiger partial charge on any atom is 0.326 e. The molecule has 1 atom stereocenters. The lowest BCUT2D eigenvalue weighted by molar-refractivity contribution is -0.141. The molecule has 0 unspecified atom stereocenters. The van der Waals surface area contributed by atoms with Gasteiger partial charge in [-0.05, 0) is 31.0 Å². The van der Waals surface area contributed by atoms with E-state index in [1.54, 1.807) is 13.8 Å². The molecule has 1 fully saturated rings. The van der Waals surface area contributed by atoms with Gasteiger partial charge in [0.25, 0.3) is 5.91 Å². The molecule has 7 nitrogen and oxygen atoms in total. The molecule has 1 saturated heterocycles. The summed E-state index contributed by atoms with van der Waals surface area (Å²) in [6.07, 6.45) is 0.952. The molecule has 1 heterocycles. The lowest BCUT2D eigenvalue weighted by atomic mass is 10.1. The highest BCUT2D eigenvalue weighted by molar-refractivity contribution is 7.89. The number of benzene rings is 1. The smallest absolute Gasteiger partial charge is 0.326 e. The fraction of sp³-hybridized carbons (Fsp3) is 0.500. The number of nitrogens with zero attached hydrogens (tertiary/aromatic N) is 2. The minimum absolute atomic E-state index is 0.00282. The van der Waals surface area contributed by atoms with Crippen molar-refractivity contribution in [3.63, 3.8) is 0 Å². The fourth-order valence-electron chi connectivity index (χ4n) is 2.96. The van der Waals surface area contributed by atoms with Crippen molar-refractivity contribution in [1.82, 2.24) is 9.21 Å². The van der Waals surface area contributed by atoms with Gasteiger partial charge in [-0.1, -0.05) is 25.4 Å². The molecule has 1 amide bonds. The first kappa shape index (κ1) is 19.7. The number of likely N-dealkylation sites (tertiary alicyclic amines) is 1. The number of sulfonamides is 1. The Kier molecular flexibility index (Phi) is 6.08. The van der Waals surface area contributed by atoms with Crippen LogP contribution in [0.5, 0.6) is 0 Å². The van der Waals surface area contributed by atoms with Gasteiger partial charge in [0, 0.05) is 19.6 Å². The Hall–Kier alpha value is -1.64. The molecule has 1 aromatic rings. The fourth-order valence-corrected chi connectivity index (χ4v) is 4.65. The van der Waals surface area contributed by atoms with E-state index in [0.717, 1.165) is 0 Å². The topological polar surface area (TPSA) is 95.0 Å². The first-order valence-corrected chi connectivity index (χ1v) is 9.89. The van der Waals surface area contributed by atoms with E-state index in [1.165, 1.54) is 27.4 Å². The van der Waals surface area contributed by atoms with Crippen LogP contribution in [0.25, 0.3) is 0 Å². The number of carboxylic acids is 1. The van der Waals surface area contributed by atoms with Crippen LogP contribution in [0.15, 0.2) is 23.1 Å². The Morgan fingerprint density at radius 2 is 1.96 bits per heavy atom. The molecular formula is C16H21ClN2O5S. The molecule has 9 heteroatoms. The maximum absolute atomic E-state index is 12.7. The van der Waals surface area contributed by atoms with Crippen molar-refractivity contribution in [1.29, 1.82) is 0 Å². The van der Waals surface area contributed by atoms with Gasteiger partial charge in [0.05, 0.1) is 15.5 Å². The zero-order chi connectivity index (χ0) is 18.8. The van der Waals surface area contributed by atoms with E-state index in [-0.39, 0.29) is 15.5 Å². The summed E-state index contributed by atoms with van der Waals surface area (Å²) in [6.45, 7) is 4.37. The number of halogens is 1. The first-order chi connectivity index (χ1) is 11.7. The number of amides is 1. The maximum atomic E-state index is 12.7. The molecule has 1 N–H and O–H groups in total. The number of carbonyl (C=O) groups is 2. The van der Waals surface area contributed by atoms with Gasteiger partial charge in [0.15, 0.2) is 0 Å².